The van der Waals surface area contributed by atoms with Crippen LogP contribution in [0.2, 0.25) is 0 Å². The van der Waals surface area contributed by atoms with Crippen LogP contribution in [0.15, 0.2) is 40.6 Å². The monoisotopic (exact) mass is 288 g/mol. The number of carbonyl (C=O) groups excluding carboxylic acids is 1. The van der Waals surface area contributed by atoms with Crippen LogP contribution in [0.25, 0.3) is 0 Å². The number of aromatic nitrogens is 3. The largest absolute Gasteiger partial charge is 0.410 e. The molecule has 0 radical (unpaired) electrons. The first-order chi connectivity index (χ1) is 9.65. The molecule has 0 aromatic carbocycles. The number of thioether (sulfide) groups is 1. The molecule has 2 aromatic heterocycles. The molecule has 7 heteroatoms. The fourth-order valence-corrected chi connectivity index (χ4v) is 1.93. The summed E-state index contributed by atoms with van der Waals surface area (Å²) < 4.78 is 0. The summed E-state index contributed by atoms with van der Waals surface area (Å²) in [5.41, 5.74) is 0.668. The average molecular weight is 288 g/mol. The molecule has 2 rings (SSSR count). The van der Waals surface area contributed by atoms with Crippen LogP contribution in [0.4, 0.5) is 0 Å². The number of nitrogens with zero attached hydrogens (tertiary/aromatic N) is 4. The predicted octanol–water partition coefficient (Wildman–Crippen LogP) is 1.96. The second kappa shape index (κ2) is 6.25. The zero-order chi connectivity index (χ0) is 14.5. The highest BCUT2D eigenvalue weighted by molar-refractivity contribution is 7.98. The molecule has 0 aliphatic rings. The highest BCUT2D eigenvalue weighted by atomic mass is 32.2. The molecule has 0 saturated heterocycles. The minimum absolute atomic E-state index is 0.0765. The van der Waals surface area contributed by atoms with Crippen LogP contribution in [-0.4, -0.2) is 37.9 Å². The molecule has 0 atom stereocenters. The molecule has 0 spiro atoms. The molecule has 2 aromatic rings. The molecule has 0 fully saturated rings. The van der Waals surface area contributed by atoms with Gasteiger partial charge in [0.15, 0.2) is 11.5 Å². The maximum Gasteiger partial charge on any atom is 0.236 e. The lowest BCUT2D eigenvalue weighted by Crippen LogP contribution is -2.20. The molecule has 0 aliphatic carbocycles. The average Bonchev–Trinajstić information content (AvgIpc) is 2.48. The van der Waals surface area contributed by atoms with Crippen LogP contribution in [0, 0.1) is 6.92 Å². The van der Waals surface area contributed by atoms with Gasteiger partial charge >= 0.3 is 0 Å². The topological polar surface area (TPSA) is 88.3 Å². The van der Waals surface area contributed by atoms with E-state index in [4.69, 9.17) is 5.21 Å². The maximum absolute atomic E-state index is 12.3. The van der Waals surface area contributed by atoms with E-state index in [0.29, 0.717) is 10.7 Å². The third-order valence-electron chi connectivity index (χ3n) is 2.49. The third kappa shape index (κ3) is 3.00. The van der Waals surface area contributed by atoms with Crippen LogP contribution in [-0.2, 0) is 0 Å². The number of rotatable bonds is 4. The smallest absolute Gasteiger partial charge is 0.236 e. The fraction of sp³-hybridized carbons (Fsp3) is 0.154. The molecule has 0 bridgehead atoms. The highest BCUT2D eigenvalue weighted by Crippen LogP contribution is 2.11. The number of oxime groups is 1. The standard InChI is InChI=1S/C13H12N4O2S/c1-8-4-3-5-9(15-8)12(18)11(17-19)13-14-7-6-10(16-13)20-2/h3-7,19H,1-2H3/b17-11+. The lowest BCUT2D eigenvalue weighted by Gasteiger charge is -2.04. The normalized spacial score (nSPS) is 11.4. The molecule has 0 saturated carbocycles. The van der Waals surface area contributed by atoms with Gasteiger partial charge in [0.05, 0.1) is 5.03 Å². The summed E-state index contributed by atoms with van der Waals surface area (Å²) in [6.45, 7) is 1.78. The van der Waals surface area contributed by atoms with Crippen molar-refractivity contribution in [3.63, 3.8) is 0 Å². The Labute approximate surface area is 120 Å². The Morgan fingerprint density at radius 2 is 2.10 bits per heavy atom. The molecule has 0 amide bonds. The van der Waals surface area contributed by atoms with Crippen molar-refractivity contribution in [1.29, 1.82) is 0 Å². The first-order valence-electron chi connectivity index (χ1n) is 5.73. The summed E-state index contributed by atoms with van der Waals surface area (Å²) in [4.78, 5) is 24.5. The molecule has 0 unspecified atom stereocenters. The molecule has 20 heavy (non-hydrogen) atoms. The minimum Gasteiger partial charge on any atom is -0.410 e. The van der Waals surface area contributed by atoms with Gasteiger partial charge in [0.2, 0.25) is 5.78 Å². The number of ketones is 1. The van der Waals surface area contributed by atoms with Gasteiger partial charge in [-0.2, -0.15) is 0 Å². The Morgan fingerprint density at radius 3 is 2.75 bits per heavy atom. The summed E-state index contributed by atoms with van der Waals surface area (Å²) in [6, 6.07) is 6.75. The Bertz CT molecular complexity index is 673. The highest BCUT2D eigenvalue weighted by Gasteiger charge is 2.21. The van der Waals surface area contributed by atoms with Crippen LogP contribution in [0.5, 0.6) is 0 Å². The molecule has 2 heterocycles. The molecular formula is C13H12N4O2S. The van der Waals surface area contributed by atoms with Crippen molar-refractivity contribution < 1.29 is 10.0 Å². The third-order valence-corrected chi connectivity index (χ3v) is 3.13. The van der Waals surface area contributed by atoms with Gasteiger partial charge in [-0.3, -0.25) is 4.79 Å². The molecule has 6 nitrogen and oxygen atoms in total. The lowest BCUT2D eigenvalue weighted by molar-refractivity contribution is 0.105. The maximum atomic E-state index is 12.3. The second-order valence-corrected chi connectivity index (χ2v) is 4.69. The Balaban J connectivity index is 2.40. The van der Waals surface area contributed by atoms with Crippen molar-refractivity contribution >= 4 is 23.3 Å². The first kappa shape index (κ1) is 14.1. The van der Waals surface area contributed by atoms with Crippen molar-refractivity contribution in [1.82, 2.24) is 15.0 Å². The summed E-state index contributed by atoms with van der Waals surface area (Å²) >= 11 is 1.41. The van der Waals surface area contributed by atoms with Gasteiger partial charge in [0.25, 0.3) is 0 Å². The van der Waals surface area contributed by atoms with E-state index in [0.717, 1.165) is 0 Å². The van der Waals surface area contributed by atoms with E-state index < -0.39 is 5.78 Å². The van der Waals surface area contributed by atoms with Crippen molar-refractivity contribution in [2.24, 2.45) is 5.16 Å². The summed E-state index contributed by atoms with van der Waals surface area (Å²) in [7, 11) is 0. The van der Waals surface area contributed by atoms with Gasteiger partial charge in [0, 0.05) is 11.9 Å². The van der Waals surface area contributed by atoms with E-state index in [-0.39, 0.29) is 17.2 Å². The number of carbonyl (C=O) groups is 1. The number of hydrogen-bond acceptors (Lipinski definition) is 7. The second-order valence-electron chi connectivity index (χ2n) is 3.86. The van der Waals surface area contributed by atoms with E-state index >= 15 is 0 Å². The Kier molecular flexibility index (Phi) is 4.41. The Morgan fingerprint density at radius 1 is 1.30 bits per heavy atom. The van der Waals surface area contributed by atoms with Crippen LogP contribution >= 0.6 is 11.8 Å². The fourth-order valence-electron chi connectivity index (χ4n) is 1.55. The van der Waals surface area contributed by atoms with Gasteiger partial charge < -0.3 is 5.21 Å². The van der Waals surface area contributed by atoms with Crippen molar-refractivity contribution in [3.8, 4) is 0 Å². The molecule has 1 N–H and O–H groups in total. The minimum atomic E-state index is -0.519. The predicted molar refractivity (Wildman–Crippen MR) is 75.4 cm³/mol. The van der Waals surface area contributed by atoms with Gasteiger partial charge in [-0.1, -0.05) is 11.2 Å². The zero-order valence-electron chi connectivity index (χ0n) is 10.9. The molecule has 0 aliphatic heterocycles. The van der Waals surface area contributed by atoms with E-state index in [9.17, 15) is 4.79 Å². The van der Waals surface area contributed by atoms with Crippen molar-refractivity contribution in [3.05, 3.63) is 47.7 Å². The van der Waals surface area contributed by atoms with Gasteiger partial charge in [0.1, 0.15) is 5.69 Å². The lowest BCUT2D eigenvalue weighted by atomic mass is 10.1. The van der Waals surface area contributed by atoms with E-state index in [1.54, 1.807) is 31.2 Å². The zero-order valence-corrected chi connectivity index (χ0v) is 11.8. The van der Waals surface area contributed by atoms with Crippen molar-refractivity contribution in [2.75, 3.05) is 6.26 Å². The number of Topliss-reactive ketones (excluding diaryl/α,β-unsaturated/α-hetero) is 1. The van der Waals surface area contributed by atoms with Crippen LogP contribution < -0.4 is 0 Å². The van der Waals surface area contributed by atoms with E-state index in [1.165, 1.54) is 18.0 Å². The van der Waals surface area contributed by atoms with E-state index in [2.05, 4.69) is 20.1 Å². The number of aryl methyl sites for hydroxylation is 1. The molecular weight excluding hydrogens is 276 g/mol. The number of pyridine rings is 1. The number of hydrogen-bond donors (Lipinski definition) is 1. The van der Waals surface area contributed by atoms with Crippen LogP contribution in [0.3, 0.4) is 0 Å². The summed E-state index contributed by atoms with van der Waals surface area (Å²) in [6.07, 6.45) is 3.36. The van der Waals surface area contributed by atoms with Gasteiger partial charge in [-0.15, -0.1) is 11.8 Å². The summed E-state index contributed by atoms with van der Waals surface area (Å²) in [5.74, 6) is -0.442. The SMILES string of the molecule is CSc1ccnc(/C(=N/O)C(=O)c2cccc(C)n2)n1. The van der Waals surface area contributed by atoms with Gasteiger partial charge in [-0.05, 0) is 31.4 Å². The first-order valence-corrected chi connectivity index (χ1v) is 6.96. The van der Waals surface area contributed by atoms with Crippen molar-refractivity contribution in [2.45, 2.75) is 11.9 Å². The Hall–Kier alpha value is -2.28. The van der Waals surface area contributed by atoms with Gasteiger partial charge in [-0.25, -0.2) is 15.0 Å². The summed E-state index contributed by atoms with van der Waals surface area (Å²) in [5, 5.41) is 12.8. The van der Waals surface area contributed by atoms with E-state index in [1.807, 2.05) is 6.26 Å². The van der Waals surface area contributed by atoms with Crippen LogP contribution in [0.1, 0.15) is 22.0 Å². The quantitative estimate of drug-likeness (QED) is 0.231. The molecule has 102 valence electrons.